The standard InChI is InChI=1S/C14H18Cl2N2O/c15-12-6-3-10(8-13(12)16)9-17-7-1-2-14(19)18-11-4-5-11/h3,6,8,11,17H,1-2,4-5,7,9H2,(H,18,19). The number of carbonyl (C=O) groups is 1. The zero-order chi connectivity index (χ0) is 13.7. The summed E-state index contributed by atoms with van der Waals surface area (Å²) in [4.78, 5) is 11.4. The van der Waals surface area contributed by atoms with Crippen molar-refractivity contribution in [1.82, 2.24) is 10.6 Å². The Bertz CT molecular complexity index is 447. The van der Waals surface area contributed by atoms with E-state index in [0.717, 1.165) is 37.9 Å². The molecule has 1 aromatic carbocycles. The fourth-order valence-corrected chi connectivity index (χ4v) is 2.10. The van der Waals surface area contributed by atoms with Gasteiger partial charge in [0.05, 0.1) is 10.0 Å². The van der Waals surface area contributed by atoms with E-state index in [2.05, 4.69) is 10.6 Å². The number of benzene rings is 1. The van der Waals surface area contributed by atoms with Crippen molar-refractivity contribution in [3.05, 3.63) is 33.8 Å². The molecule has 0 spiro atoms. The van der Waals surface area contributed by atoms with Crippen LogP contribution in [0.5, 0.6) is 0 Å². The maximum Gasteiger partial charge on any atom is 0.220 e. The van der Waals surface area contributed by atoms with E-state index in [4.69, 9.17) is 23.2 Å². The van der Waals surface area contributed by atoms with Gasteiger partial charge in [-0.25, -0.2) is 0 Å². The lowest BCUT2D eigenvalue weighted by Crippen LogP contribution is -2.26. The van der Waals surface area contributed by atoms with Gasteiger partial charge in [0.15, 0.2) is 0 Å². The van der Waals surface area contributed by atoms with Gasteiger partial charge in [0, 0.05) is 19.0 Å². The number of halogens is 2. The highest BCUT2D eigenvalue weighted by Crippen LogP contribution is 2.22. The maximum atomic E-state index is 11.4. The molecule has 1 aliphatic rings. The summed E-state index contributed by atoms with van der Waals surface area (Å²) in [6.07, 6.45) is 3.72. The third-order valence-electron chi connectivity index (χ3n) is 3.01. The van der Waals surface area contributed by atoms with Crippen LogP contribution in [-0.2, 0) is 11.3 Å². The molecule has 1 saturated carbocycles. The molecular formula is C14H18Cl2N2O. The molecule has 0 unspecified atom stereocenters. The Morgan fingerprint density at radius 2 is 2.05 bits per heavy atom. The van der Waals surface area contributed by atoms with Gasteiger partial charge >= 0.3 is 0 Å². The maximum absolute atomic E-state index is 11.4. The van der Waals surface area contributed by atoms with E-state index in [1.165, 1.54) is 0 Å². The Hall–Kier alpha value is -0.770. The molecule has 0 bridgehead atoms. The molecule has 1 aromatic rings. The second-order valence-corrected chi connectivity index (χ2v) is 5.68. The van der Waals surface area contributed by atoms with Crippen molar-refractivity contribution < 1.29 is 4.79 Å². The molecule has 0 heterocycles. The first-order valence-electron chi connectivity index (χ1n) is 6.59. The molecule has 0 aromatic heterocycles. The summed E-state index contributed by atoms with van der Waals surface area (Å²) >= 11 is 11.8. The van der Waals surface area contributed by atoms with E-state index in [1.807, 2.05) is 12.1 Å². The Balaban J connectivity index is 1.58. The lowest BCUT2D eigenvalue weighted by Gasteiger charge is -2.06. The molecule has 2 rings (SSSR count). The van der Waals surface area contributed by atoms with Crippen LogP contribution in [0.25, 0.3) is 0 Å². The first kappa shape index (κ1) is 14.6. The average molecular weight is 301 g/mol. The Morgan fingerprint density at radius 1 is 1.26 bits per heavy atom. The summed E-state index contributed by atoms with van der Waals surface area (Å²) in [6, 6.07) is 6.05. The summed E-state index contributed by atoms with van der Waals surface area (Å²) in [7, 11) is 0. The van der Waals surface area contributed by atoms with E-state index >= 15 is 0 Å². The van der Waals surface area contributed by atoms with Gasteiger partial charge in [0.2, 0.25) is 5.91 Å². The minimum Gasteiger partial charge on any atom is -0.353 e. The summed E-state index contributed by atoms with van der Waals surface area (Å²) < 4.78 is 0. The van der Waals surface area contributed by atoms with Gasteiger partial charge in [-0.15, -0.1) is 0 Å². The zero-order valence-electron chi connectivity index (χ0n) is 10.7. The molecule has 19 heavy (non-hydrogen) atoms. The molecule has 0 radical (unpaired) electrons. The third-order valence-corrected chi connectivity index (χ3v) is 3.75. The highest BCUT2D eigenvalue weighted by Gasteiger charge is 2.22. The molecule has 0 saturated heterocycles. The molecule has 0 atom stereocenters. The van der Waals surface area contributed by atoms with Crippen molar-refractivity contribution in [2.45, 2.75) is 38.3 Å². The molecule has 3 nitrogen and oxygen atoms in total. The fraction of sp³-hybridized carbons (Fsp3) is 0.500. The Morgan fingerprint density at radius 3 is 2.74 bits per heavy atom. The van der Waals surface area contributed by atoms with Gasteiger partial charge in [0.25, 0.3) is 0 Å². The highest BCUT2D eigenvalue weighted by atomic mass is 35.5. The third kappa shape index (κ3) is 5.39. The number of rotatable bonds is 7. The monoisotopic (exact) mass is 300 g/mol. The molecule has 2 N–H and O–H groups in total. The number of amides is 1. The topological polar surface area (TPSA) is 41.1 Å². The number of nitrogens with one attached hydrogen (secondary N) is 2. The highest BCUT2D eigenvalue weighted by molar-refractivity contribution is 6.42. The fourth-order valence-electron chi connectivity index (χ4n) is 1.78. The van der Waals surface area contributed by atoms with Crippen LogP contribution >= 0.6 is 23.2 Å². The predicted octanol–water partition coefficient (Wildman–Crippen LogP) is 3.14. The second-order valence-electron chi connectivity index (χ2n) is 4.87. The molecule has 0 aliphatic heterocycles. The summed E-state index contributed by atoms with van der Waals surface area (Å²) in [5, 5.41) is 7.41. The van der Waals surface area contributed by atoms with Crippen LogP contribution in [0.4, 0.5) is 0 Å². The lowest BCUT2D eigenvalue weighted by molar-refractivity contribution is -0.121. The van der Waals surface area contributed by atoms with Crippen LogP contribution in [-0.4, -0.2) is 18.5 Å². The molecular weight excluding hydrogens is 283 g/mol. The molecule has 1 aliphatic carbocycles. The molecule has 1 amide bonds. The number of hydrogen-bond acceptors (Lipinski definition) is 2. The van der Waals surface area contributed by atoms with Gasteiger partial charge in [-0.1, -0.05) is 29.3 Å². The van der Waals surface area contributed by atoms with Crippen molar-refractivity contribution in [2.24, 2.45) is 0 Å². The Labute approximate surface area is 123 Å². The van der Waals surface area contributed by atoms with Gasteiger partial charge < -0.3 is 10.6 Å². The molecule has 5 heteroatoms. The van der Waals surface area contributed by atoms with Crippen LogP contribution in [0.2, 0.25) is 10.0 Å². The van der Waals surface area contributed by atoms with Crippen LogP contribution in [0, 0.1) is 0 Å². The van der Waals surface area contributed by atoms with E-state index in [1.54, 1.807) is 6.07 Å². The van der Waals surface area contributed by atoms with Gasteiger partial charge in [-0.2, -0.15) is 0 Å². The Kier molecular flexibility index (Phi) is 5.49. The van der Waals surface area contributed by atoms with Crippen LogP contribution in [0.3, 0.4) is 0 Å². The summed E-state index contributed by atoms with van der Waals surface area (Å²) in [6.45, 7) is 1.56. The number of hydrogen-bond donors (Lipinski definition) is 2. The SMILES string of the molecule is O=C(CCCNCc1ccc(Cl)c(Cl)c1)NC1CC1. The van der Waals surface area contributed by atoms with E-state index < -0.39 is 0 Å². The van der Waals surface area contributed by atoms with Crippen LogP contribution in [0.1, 0.15) is 31.2 Å². The van der Waals surface area contributed by atoms with E-state index in [-0.39, 0.29) is 5.91 Å². The minimum absolute atomic E-state index is 0.166. The normalized spacial score (nSPS) is 14.4. The first-order valence-corrected chi connectivity index (χ1v) is 7.35. The van der Waals surface area contributed by atoms with Gasteiger partial charge in [-0.05, 0) is 43.5 Å². The second kappa shape index (κ2) is 7.13. The summed E-state index contributed by atoms with van der Waals surface area (Å²) in [5.41, 5.74) is 1.09. The van der Waals surface area contributed by atoms with E-state index in [0.29, 0.717) is 22.5 Å². The van der Waals surface area contributed by atoms with Gasteiger partial charge in [0.1, 0.15) is 0 Å². The minimum atomic E-state index is 0.166. The molecule has 104 valence electrons. The largest absolute Gasteiger partial charge is 0.353 e. The van der Waals surface area contributed by atoms with Crippen LogP contribution < -0.4 is 10.6 Å². The average Bonchev–Trinajstić information content (AvgIpc) is 3.17. The van der Waals surface area contributed by atoms with Gasteiger partial charge in [-0.3, -0.25) is 4.79 Å². The van der Waals surface area contributed by atoms with Crippen molar-refractivity contribution >= 4 is 29.1 Å². The lowest BCUT2D eigenvalue weighted by atomic mass is 10.2. The van der Waals surface area contributed by atoms with Crippen molar-refractivity contribution in [3.63, 3.8) is 0 Å². The smallest absolute Gasteiger partial charge is 0.220 e. The first-order chi connectivity index (χ1) is 9.15. The zero-order valence-corrected chi connectivity index (χ0v) is 12.2. The quantitative estimate of drug-likeness (QED) is 0.760. The van der Waals surface area contributed by atoms with Crippen molar-refractivity contribution in [1.29, 1.82) is 0 Å². The van der Waals surface area contributed by atoms with Crippen molar-refractivity contribution in [2.75, 3.05) is 6.54 Å². The van der Waals surface area contributed by atoms with Crippen LogP contribution in [0.15, 0.2) is 18.2 Å². The number of carbonyl (C=O) groups excluding carboxylic acids is 1. The summed E-state index contributed by atoms with van der Waals surface area (Å²) in [5.74, 6) is 0.166. The molecule has 1 fully saturated rings. The predicted molar refractivity (Wildman–Crippen MR) is 78.6 cm³/mol. The van der Waals surface area contributed by atoms with Crippen molar-refractivity contribution in [3.8, 4) is 0 Å². The van der Waals surface area contributed by atoms with E-state index in [9.17, 15) is 4.79 Å².